The molecule has 1 radical (unpaired) electrons. The van der Waals surface area contributed by atoms with Crippen LogP contribution in [0.5, 0.6) is 5.75 Å². The maximum atomic E-state index is 5.29. The van der Waals surface area contributed by atoms with Crippen LogP contribution in [0.1, 0.15) is 11.1 Å². The summed E-state index contributed by atoms with van der Waals surface area (Å²) in [6.07, 6.45) is 0. The van der Waals surface area contributed by atoms with Gasteiger partial charge in [0, 0.05) is 18.7 Å². The number of ether oxygens (including phenoxy) is 1. The minimum Gasteiger partial charge on any atom is -0.496 e. The van der Waals surface area contributed by atoms with Crippen molar-refractivity contribution in [1.29, 1.82) is 0 Å². The number of para-hydroxylation sites is 1. The van der Waals surface area contributed by atoms with Crippen LogP contribution in [0.15, 0.2) is 54.6 Å². The molecule has 0 aromatic heterocycles. The molecular weight excluding hydrogens is 210 g/mol. The molecular formula is C15H16NO. The Bertz CT molecular complexity index is 453. The smallest absolute Gasteiger partial charge is 0.123 e. The number of benzene rings is 2. The highest BCUT2D eigenvalue weighted by Gasteiger charge is 2.01. The standard InChI is InChI=1S/C15H16NO/c1-17-15-10-6-5-9-14(15)12-16-11-13-7-3-2-4-8-13/h2-10H,11-12H2,1H3. The van der Waals surface area contributed by atoms with Crippen LogP contribution >= 0.6 is 0 Å². The lowest BCUT2D eigenvalue weighted by Gasteiger charge is -2.08. The monoisotopic (exact) mass is 226 g/mol. The lowest BCUT2D eigenvalue weighted by atomic mass is 10.2. The SMILES string of the molecule is COc1ccccc1C[N]Cc1ccccc1. The Balaban J connectivity index is 1.90. The van der Waals surface area contributed by atoms with Gasteiger partial charge in [-0.05, 0) is 11.6 Å². The van der Waals surface area contributed by atoms with Crippen molar-refractivity contribution in [1.82, 2.24) is 5.32 Å². The van der Waals surface area contributed by atoms with Gasteiger partial charge in [0.1, 0.15) is 5.75 Å². The van der Waals surface area contributed by atoms with E-state index in [1.807, 2.05) is 42.5 Å². The average molecular weight is 226 g/mol. The molecule has 0 N–H and O–H groups in total. The molecule has 2 nitrogen and oxygen atoms in total. The fraction of sp³-hybridized carbons (Fsp3) is 0.200. The van der Waals surface area contributed by atoms with E-state index in [4.69, 9.17) is 4.74 Å². The molecule has 0 heterocycles. The average Bonchev–Trinajstić information content (AvgIpc) is 2.40. The molecule has 0 aliphatic rings. The van der Waals surface area contributed by atoms with E-state index in [0.717, 1.165) is 17.9 Å². The molecule has 0 bridgehead atoms. The van der Waals surface area contributed by atoms with E-state index in [2.05, 4.69) is 17.4 Å². The van der Waals surface area contributed by atoms with Crippen molar-refractivity contribution in [2.24, 2.45) is 0 Å². The van der Waals surface area contributed by atoms with Crippen LogP contribution in [0.3, 0.4) is 0 Å². The molecule has 0 fully saturated rings. The first-order valence-electron chi connectivity index (χ1n) is 5.69. The van der Waals surface area contributed by atoms with E-state index in [1.165, 1.54) is 5.56 Å². The zero-order valence-corrected chi connectivity index (χ0v) is 9.97. The van der Waals surface area contributed by atoms with Gasteiger partial charge in [0.05, 0.1) is 7.11 Å². The van der Waals surface area contributed by atoms with Gasteiger partial charge in [0.2, 0.25) is 0 Å². The van der Waals surface area contributed by atoms with Gasteiger partial charge < -0.3 is 4.74 Å². The van der Waals surface area contributed by atoms with Crippen molar-refractivity contribution in [3.8, 4) is 5.75 Å². The highest BCUT2D eigenvalue weighted by Crippen LogP contribution is 2.17. The quantitative estimate of drug-likeness (QED) is 0.768. The van der Waals surface area contributed by atoms with Gasteiger partial charge in [-0.1, -0.05) is 48.5 Å². The molecule has 0 amide bonds. The third kappa shape index (κ3) is 3.33. The minimum atomic E-state index is 0.693. The van der Waals surface area contributed by atoms with Crippen LogP contribution in [0.25, 0.3) is 0 Å². The fourth-order valence-electron chi connectivity index (χ4n) is 1.72. The summed E-state index contributed by atoms with van der Waals surface area (Å²) >= 11 is 0. The van der Waals surface area contributed by atoms with Crippen molar-refractivity contribution < 1.29 is 4.74 Å². The van der Waals surface area contributed by atoms with E-state index in [0.29, 0.717) is 6.54 Å². The predicted octanol–water partition coefficient (Wildman–Crippen LogP) is 3.00. The molecule has 2 heteroatoms. The van der Waals surface area contributed by atoms with Gasteiger partial charge in [0.25, 0.3) is 0 Å². The summed E-state index contributed by atoms with van der Waals surface area (Å²) in [6.45, 7) is 1.44. The molecule has 0 aliphatic heterocycles. The molecule has 0 atom stereocenters. The van der Waals surface area contributed by atoms with E-state index >= 15 is 0 Å². The van der Waals surface area contributed by atoms with Crippen LogP contribution in [0.4, 0.5) is 0 Å². The summed E-state index contributed by atoms with van der Waals surface area (Å²) in [5.41, 5.74) is 2.37. The Kier molecular flexibility index (Phi) is 4.17. The maximum Gasteiger partial charge on any atom is 0.123 e. The number of methoxy groups -OCH3 is 1. The van der Waals surface area contributed by atoms with Gasteiger partial charge in [-0.2, -0.15) is 0 Å². The summed E-state index contributed by atoms with van der Waals surface area (Å²) in [4.78, 5) is 0. The summed E-state index contributed by atoms with van der Waals surface area (Å²) in [6, 6.07) is 18.3. The zero-order chi connectivity index (χ0) is 11.9. The summed E-state index contributed by atoms with van der Waals surface area (Å²) < 4.78 is 5.29. The second-order valence-electron chi connectivity index (χ2n) is 3.84. The Labute approximate surface area is 102 Å². The van der Waals surface area contributed by atoms with Gasteiger partial charge in [-0.3, -0.25) is 0 Å². The molecule has 87 valence electrons. The first-order chi connectivity index (χ1) is 8.40. The molecule has 0 saturated carbocycles. The highest BCUT2D eigenvalue weighted by atomic mass is 16.5. The van der Waals surface area contributed by atoms with Crippen LogP contribution in [-0.2, 0) is 13.1 Å². The molecule has 17 heavy (non-hydrogen) atoms. The highest BCUT2D eigenvalue weighted by molar-refractivity contribution is 5.33. The topological polar surface area (TPSA) is 23.3 Å². The van der Waals surface area contributed by atoms with Gasteiger partial charge >= 0.3 is 0 Å². The normalized spacial score (nSPS) is 10.2. The van der Waals surface area contributed by atoms with Crippen molar-refractivity contribution in [3.05, 3.63) is 65.7 Å². The van der Waals surface area contributed by atoms with Crippen LogP contribution in [-0.4, -0.2) is 7.11 Å². The Morgan fingerprint density at radius 2 is 1.59 bits per heavy atom. The lowest BCUT2D eigenvalue weighted by Crippen LogP contribution is -2.05. The van der Waals surface area contributed by atoms with E-state index in [-0.39, 0.29) is 0 Å². The first-order valence-corrected chi connectivity index (χ1v) is 5.69. The third-order valence-corrected chi connectivity index (χ3v) is 2.61. The van der Waals surface area contributed by atoms with Crippen molar-refractivity contribution in [2.75, 3.05) is 7.11 Å². The van der Waals surface area contributed by atoms with Gasteiger partial charge in [-0.15, -0.1) is 0 Å². The largest absolute Gasteiger partial charge is 0.496 e. The lowest BCUT2D eigenvalue weighted by molar-refractivity contribution is 0.407. The summed E-state index contributed by atoms with van der Waals surface area (Å²) in [7, 11) is 1.69. The van der Waals surface area contributed by atoms with Gasteiger partial charge in [0.15, 0.2) is 0 Å². The summed E-state index contributed by atoms with van der Waals surface area (Å²) in [5, 5.41) is 4.54. The van der Waals surface area contributed by atoms with Crippen molar-refractivity contribution in [3.63, 3.8) is 0 Å². The predicted molar refractivity (Wildman–Crippen MR) is 69.0 cm³/mol. The van der Waals surface area contributed by atoms with Gasteiger partial charge in [-0.25, -0.2) is 5.32 Å². The molecule has 0 spiro atoms. The molecule has 0 aliphatic carbocycles. The van der Waals surface area contributed by atoms with Crippen LogP contribution < -0.4 is 10.1 Å². The van der Waals surface area contributed by atoms with E-state index < -0.39 is 0 Å². The molecule has 0 unspecified atom stereocenters. The fourth-order valence-corrected chi connectivity index (χ4v) is 1.72. The zero-order valence-electron chi connectivity index (χ0n) is 9.97. The number of nitrogens with zero attached hydrogens (tertiary/aromatic N) is 1. The second-order valence-corrected chi connectivity index (χ2v) is 3.84. The molecule has 2 aromatic rings. The number of hydrogen-bond donors (Lipinski definition) is 0. The molecule has 2 aromatic carbocycles. The molecule has 0 saturated heterocycles. The van der Waals surface area contributed by atoms with Crippen LogP contribution in [0, 0.1) is 0 Å². The number of hydrogen-bond acceptors (Lipinski definition) is 1. The van der Waals surface area contributed by atoms with Crippen LogP contribution in [0.2, 0.25) is 0 Å². The molecule has 2 rings (SSSR count). The number of rotatable bonds is 5. The first kappa shape index (κ1) is 11.7. The Morgan fingerprint density at radius 3 is 2.35 bits per heavy atom. The minimum absolute atomic E-state index is 0.693. The van der Waals surface area contributed by atoms with Crippen molar-refractivity contribution >= 4 is 0 Å². The maximum absolute atomic E-state index is 5.29. The van der Waals surface area contributed by atoms with E-state index in [9.17, 15) is 0 Å². The summed E-state index contributed by atoms with van der Waals surface area (Å²) in [5.74, 6) is 0.907. The Morgan fingerprint density at radius 1 is 0.882 bits per heavy atom. The third-order valence-electron chi connectivity index (χ3n) is 2.61. The second kappa shape index (κ2) is 6.06. The van der Waals surface area contributed by atoms with Crippen molar-refractivity contribution in [2.45, 2.75) is 13.1 Å². The van der Waals surface area contributed by atoms with E-state index in [1.54, 1.807) is 7.11 Å². The Hall–Kier alpha value is -1.80.